The summed E-state index contributed by atoms with van der Waals surface area (Å²) in [5, 5.41) is 1.99. The van der Waals surface area contributed by atoms with Crippen molar-refractivity contribution in [1.82, 2.24) is 4.90 Å². The molecule has 3 rings (SSSR count). The smallest absolute Gasteiger partial charge is 0.228 e. The quantitative estimate of drug-likeness (QED) is 0.868. The summed E-state index contributed by atoms with van der Waals surface area (Å²) in [5.74, 6) is -0.323. The van der Waals surface area contributed by atoms with Crippen LogP contribution in [-0.2, 0) is 9.59 Å². The highest BCUT2D eigenvalue weighted by atomic mass is 32.1. The van der Waals surface area contributed by atoms with Crippen LogP contribution in [0.5, 0.6) is 0 Å². The van der Waals surface area contributed by atoms with E-state index in [0.717, 1.165) is 16.1 Å². The molecule has 5 heteroatoms. The van der Waals surface area contributed by atoms with E-state index in [1.165, 1.54) is 0 Å². The van der Waals surface area contributed by atoms with Crippen LogP contribution in [0.15, 0.2) is 41.8 Å². The molecule has 2 amide bonds. The maximum Gasteiger partial charge on any atom is 0.228 e. The van der Waals surface area contributed by atoms with E-state index in [-0.39, 0.29) is 30.2 Å². The Morgan fingerprint density at radius 2 is 1.91 bits per heavy atom. The monoisotopic (exact) mass is 328 g/mol. The van der Waals surface area contributed by atoms with Crippen LogP contribution in [0.2, 0.25) is 0 Å². The van der Waals surface area contributed by atoms with E-state index in [4.69, 9.17) is 0 Å². The summed E-state index contributed by atoms with van der Waals surface area (Å²) in [6.07, 6.45) is 0.257. The third kappa shape index (κ3) is 2.88. The Balaban J connectivity index is 2.04. The zero-order valence-electron chi connectivity index (χ0n) is 13.5. The second-order valence-electron chi connectivity index (χ2n) is 6.10. The molecule has 2 heterocycles. The molecule has 4 nitrogen and oxygen atoms in total. The van der Waals surface area contributed by atoms with E-state index in [2.05, 4.69) is 0 Å². The molecule has 2 atom stereocenters. The van der Waals surface area contributed by atoms with Gasteiger partial charge in [-0.15, -0.1) is 11.3 Å². The van der Waals surface area contributed by atoms with Gasteiger partial charge in [0.25, 0.3) is 0 Å². The second-order valence-corrected chi connectivity index (χ2v) is 7.08. The summed E-state index contributed by atoms with van der Waals surface area (Å²) in [4.78, 5) is 29.7. The van der Waals surface area contributed by atoms with Gasteiger partial charge in [-0.25, -0.2) is 0 Å². The number of amides is 2. The van der Waals surface area contributed by atoms with Crippen molar-refractivity contribution in [3.8, 4) is 0 Å². The van der Waals surface area contributed by atoms with Crippen LogP contribution < -0.4 is 4.90 Å². The Morgan fingerprint density at radius 1 is 1.22 bits per heavy atom. The number of carbonyl (C=O) groups excluding carboxylic acids is 2. The number of hydrogen-bond acceptors (Lipinski definition) is 3. The molecular weight excluding hydrogens is 308 g/mol. The summed E-state index contributed by atoms with van der Waals surface area (Å²) in [6.45, 7) is 2.02. The van der Waals surface area contributed by atoms with Crippen LogP contribution in [0.1, 0.15) is 22.9 Å². The molecule has 0 saturated carbocycles. The first-order valence-electron chi connectivity index (χ1n) is 7.62. The highest BCUT2D eigenvalue weighted by Gasteiger charge is 2.46. The number of aryl methyl sites for hydroxylation is 1. The fraction of sp³-hybridized carbons (Fsp3) is 0.333. The molecule has 1 aromatic carbocycles. The summed E-state index contributed by atoms with van der Waals surface area (Å²) in [5.41, 5.74) is 2.00. The van der Waals surface area contributed by atoms with Crippen molar-refractivity contribution in [1.29, 1.82) is 0 Å². The zero-order valence-corrected chi connectivity index (χ0v) is 14.3. The second kappa shape index (κ2) is 6.16. The maximum atomic E-state index is 12.7. The lowest BCUT2D eigenvalue weighted by atomic mass is 9.97. The number of carbonyl (C=O) groups is 2. The van der Waals surface area contributed by atoms with Gasteiger partial charge in [0.1, 0.15) is 0 Å². The first kappa shape index (κ1) is 15.7. The van der Waals surface area contributed by atoms with Gasteiger partial charge < -0.3 is 9.80 Å². The van der Waals surface area contributed by atoms with Gasteiger partial charge in [0.15, 0.2) is 0 Å². The number of thiophene rings is 1. The molecule has 120 valence electrons. The summed E-state index contributed by atoms with van der Waals surface area (Å²) in [6, 6.07) is 11.6. The maximum absolute atomic E-state index is 12.7. The molecule has 1 aliphatic heterocycles. The molecular formula is C18H20N2O2S. The number of nitrogens with zero attached hydrogens (tertiary/aromatic N) is 2. The van der Waals surface area contributed by atoms with Gasteiger partial charge in [0.2, 0.25) is 11.8 Å². The van der Waals surface area contributed by atoms with E-state index in [1.54, 1.807) is 35.2 Å². The summed E-state index contributed by atoms with van der Waals surface area (Å²) >= 11 is 1.59. The minimum atomic E-state index is -0.336. The van der Waals surface area contributed by atoms with Crippen molar-refractivity contribution in [3.05, 3.63) is 52.2 Å². The van der Waals surface area contributed by atoms with Crippen molar-refractivity contribution in [2.45, 2.75) is 19.4 Å². The lowest BCUT2D eigenvalue weighted by molar-refractivity contribution is -0.134. The molecule has 0 bridgehead atoms. The highest BCUT2D eigenvalue weighted by molar-refractivity contribution is 7.10. The van der Waals surface area contributed by atoms with Crippen molar-refractivity contribution in [2.75, 3.05) is 19.0 Å². The lowest BCUT2D eigenvalue weighted by Crippen LogP contribution is -2.34. The Bertz CT molecular complexity index is 707. The lowest BCUT2D eigenvalue weighted by Gasteiger charge is -2.28. The molecule has 1 saturated heterocycles. The Kier molecular flexibility index (Phi) is 4.22. The van der Waals surface area contributed by atoms with Gasteiger partial charge in [0.05, 0.1) is 12.0 Å². The molecule has 0 aliphatic carbocycles. The van der Waals surface area contributed by atoms with Gasteiger partial charge in [-0.2, -0.15) is 0 Å². The SMILES string of the molecule is Cc1ccc(N2C(=O)C[C@H](C(=O)N(C)C)[C@@H]2c2cccs2)cc1. The zero-order chi connectivity index (χ0) is 16.6. The first-order valence-corrected chi connectivity index (χ1v) is 8.50. The normalized spacial score (nSPS) is 20.8. The molecule has 0 radical (unpaired) electrons. The van der Waals surface area contributed by atoms with Gasteiger partial charge >= 0.3 is 0 Å². The third-order valence-corrected chi connectivity index (χ3v) is 5.17. The molecule has 1 aliphatic rings. The molecule has 0 spiro atoms. The van der Waals surface area contributed by atoms with E-state index in [1.807, 2.05) is 48.7 Å². The molecule has 2 aromatic rings. The van der Waals surface area contributed by atoms with Crippen molar-refractivity contribution in [2.24, 2.45) is 5.92 Å². The minimum absolute atomic E-state index is 0.00589. The van der Waals surface area contributed by atoms with E-state index < -0.39 is 0 Å². The van der Waals surface area contributed by atoms with E-state index in [0.29, 0.717) is 0 Å². The standard InChI is InChI=1S/C18H20N2O2S/c1-12-6-8-13(9-7-12)20-16(21)11-14(18(22)19(2)3)17(20)15-5-4-10-23-15/h4-10,14,17H,11H2,1-3H3/t14-,17+/m0/s1. The van der Waals surface area contributed by atoms with Gasteiger partial charge in [-0.1, -0.05) is 23.8 Å². The Labute approximate surface area is 140 Å². The van der Waals surface area contributed by atoms with Gasteiger partial charge in [0, 0.05) is 31.1 Å². The molecule has 0 unspecified atom stereocenters. The molecule has 1 fully saturated rings. The fourth-order valence-corrected chi connectivity index (χ4v) is 3.96. The average Bonchev–Trinajstić information content (AvgIpc) is 3.14. The van der Waals surface area contributed by atoms with Crippen LogP contribution in [0, 0.1) is 12.8 Å². The number of rotatable bonds is 3. The molecule has 1 aromatic heterocycles. The van der Waals surface area contributed by atoms with Gasteiger partial charge in [-0.05, 0) is 30.5 Å². The Morgan fingerprint density at radius 3 is 2.48 bits per heavy atom. The topological polar surface area (TPSA) is 40.6 Å². The van der Waals surface area contributed by atoms with Gasteiger partial charge in [-0.3, -0.25) is 9.59 Å². The number of benzene rings is 1. The van der Waals surface area contributed by atoms with E-state index in [9.17, 15) is 9.59 Å². The largest absolute Gasteiger partial charge is 0.348 e. The molecule has 0 N–H and O–H groups in total. The first-order chi connectivity index (χ1) is 11.0. The van der Waals surface area contributed by atoms with Crippen LogP contribution in [-0.4, -0.2) is 30.8 Å². The summed E-state index contributed by atoms with van der Waals surface area (Å²) in [7, 11) is 3.49. The van der Waals surface area contributed by atoms with E-state index >= 15 is 0 Å². The highest BCUT2D eigenvalue weighted by Crippen LogP contribution is 2.43. The predicted octanol–water partition coefficient (Wildman–Crippen LogP) is 3.24. The molecule has 23 heavy (non-hydrogen) atoms. The van der Waals surface area contributed by atoms with Crippen LogP contribution in [0.25, 0.3) is 0 Å². The third-order valence-electron chi connectivity index (χ3n) is 4.23. The average molecular weight is 328 g/mol. The fourth-order valence-electron chi connectivity index (χ4n) is 3.08. The van der Waals surface area contributed by atoms with Crippen molar-refractivity contribution < 1.29 is 9.59 Å². The van der Waals surface area contributed by atoms with Crippen LogP contribution in [0.3, 0.4) is 0 Å². The number of anilines is 1. The minimum Gasteiger partial charge on any atom is -0.348 e. The Hall–Kier alpha value is -2.14. The van der Waals surface area contributed by atoms with Crippen LogP contribution in [0.4, 0.5) is 5.69 Å². The van der Waals surface area contributed by atoms with Crippen molar-refractivity contribution in [3.63, 3.8) is 0 Å². The van der Waals surface area contributed by atoms with Crippen LogP contribution >= 0.6 is 11.3 Å². The predicted molar refractivity (Wildman–Crippen MR) is 92.5 cm³/mol. The summed E-state index contributed by atoms with van der Waals surface area (Å²) < 4.78 is 0. The number of hydrogen-bond donors (Lipinski definition) is 0. The van der Waals surface area contributed by atoms with Crippen molar-refractivity contribution >= 4 is 28.8 Å².